The summed E-state index contributed by atoms with van der Waals surface area (Å²) in [5.74, 6) is -0.333. The van der Waals surface area contributed by atoms with Gasteiger partial charge in [-0.15, -0.1) is 0 Å². The molecule has 0 aliphatic heterocycles. The fraction of sp³-hybridized carbons (Fsp3) is 0.500. The van der Waals surface area contributed by atoms with Crippen molar-refractivity contribution in [2.45, 2.75) is 45.3 Å². The van der Waals surface area contributed by atoms with Gasteiger partial charge in [0.25, 0.3) is 0 Å². The molecule has 0 amide bonds. The van der Waals surface area contributed by atoms with Gasteiger partial charge in [0.15, 0.2) is 0 Å². The maximum Gasteiger partial charge on any atom is 0.323 e. The Labute approximate surface area is 103 Å². The van der Waals surface area contributed by atoms with Crippen LogP contribution in [0.5, 0.6) is 0 Å². The normalized spacial score (nSPS) is 13.2. The van der Waals surface area contributed by atoms with Gasteiger partial charge >= 0.3 is 5.97 Å². The topological polar surface area (TPSA) is 52.3 Å². The lowest BCUT2D eigenvalue weighted by molar-refractivity contribution is -0.158. The molecular weight excluding hydrogens is 214 g/mol. The molecule has 1 aromatic rings. The van der Waals surface area contributed by atoms with Crippen molar-refractivity contribution < 1.29 is 9.53 Å². The average Bonchev–Trinajstić information content (AvgIpc) is 2.30. The molecule has 1 rings (SSSR count). The summed E-state index contributed by atoms with van der Waals surface area (Å²) in [6.45, 7) is 5.76. The van der Waals surface area contributed by atoms with Gasteiger partial charge in [0.2, 0.25) is 0 Å². The van der Waals surface area contributed by atoms with Crippen molar-refractivity contribution in [1.82, 2.24) is 0 Å². The predicted octanol–water partition coefficient (Wildman–Crippen LogP) is 2.29. The number of hydrogen-bond acceptors (Lipinski definition) is 3. The summed E-state index contributed by atoms with van der Waals surface area (Å²) in [5.41, 5.74) is 6.44. The Morgan fingerprint density at radius 3 is 2.47 bits per heavy atom. The zero-order chi connectivity index (χ0) is 12.9. The summed E-state index contributed by atoms with van der Waals surface area (Å²) < 4.78 is 5.36. The molecule has 3 nitrogen and oxygen atoms in total. The molecule has 0 bridgehead atoms. The van der Waals surface area contributed by atoms with Crippen LogP contribution in [0, 0.1) is 0 Å². The third-order valence-electron chi connectivity index (χ3n) is 2.83. The lowest BCUT2D eigenvalue weighted by atomic mass is 10.0. The molecule has 1 atom stereocenters. The summed E-state index contributed by atoms with van der Waals surface area (Å²) in [7, 11) is 0. The third-order valence-corrected chi connectivity index (χ3v) is 2.83. The zero-order valence-corrected chi connectivity index (χ0v) is 10.8. The predicted molar refractivity (Wildman–Crippen MR) is 68.6 cm³/mol. The number of nitrogens with two attached hydrogens (primary N) is 1. The second-order valence-electron chi connectivity index (χ2n) is 4.83. The van der Waals surface area contributed by atoms with Crippen LogP contribution in [0.25, 0.3) is 0 Å². The Bertz CT molecular complexity index is 360. The Morgan fingerprint density at radius 2 is 1.94 bits per heavy atom. The van der Waals surface area contributed by atoms with Crippen molar-refractivity contribution in [3.63, 3.8) is 0 Å². The summed E-state index contributed by atoms with van der Waals surface area (Å²) >= 11 is 0. The minimum Gasteiger partial charge on any atom is -0.459 e. The Kier molecular flexibility index (Phi) is 4.70. The summed E-state index contributed by atoms with van der Waals surface area (Å²) in [6, 6.07) is 9.12. The van der Waals surface area contributed by atoms with E-state index < -0.39 is 11.6 Å². The van der Waals surface area contributed by atoms with E-state index in [1.54, 1.807) is 0 Å². The average molecular weight is 235 g/mol. The fourth-order valence-corrected chi connectivity index (χ4v) is 1.37. The second-order valence-corrected chi connectivity index (χ2v) is 4.83. The maximum atomic E-state index is 11.8. The van der Waals surface area contributed by atoms with E-state index in [1.807, 2.05) is 51.1 Å². The van der Waals surface area contributed by atoms with Crippen LogP contribution in [0.1, 0.15) is 32.8 Å². The molecule has 1 unspecified atom stereocenters. The largest absolute Gasteiger partial charge is 0.459 e. The van der Waals surface area contributed by atoms with E-state index in [0.717, 1.165) is 12.0 Å². The summed E-state index contributed by atoms with van der Waals surface area (Å²) in [4.78, 5) is 11.8. The molecule has 0 aliphatic carbocycles. The van der Waals surface area contributed by atoms with Crippen LogP contribution < -0.4 is 5.73 Å². The van der Waals surface area contributed by atoms with Crippen LogP contribution in [-0.2, 0) is 16.0 Å². The summed E-state index contributed by atoms with van der Waals surface area (Å²) in [6.07, 6.45) is 1.29. The van der Waals surface area contributed by atoms with Crippen molar-refractivity contribution in [2.75, 3.05) is 0 Å². The van der Waals surface area contributed by atoms with Crippen molar-refractivity contribution in [3.05, 3.63) is 35.9 Å². The lowest BCUT2D eigenvalue weighted by Gasteiger charge is -2.25. The van der Waals surface area contributed by atoms with Crippen molar-refractivity contribution >= 4 is 5.97 Å². The van der Waals surface area contributed by atoms with Crippen molar-refractivity contribution in [3.8, 4) is 0 Å². The van der Waals surface area contributed by atoms with Gasteiger partial charge < -0.3 is 10.5 Å². The van der Waals surface area contributed by atoms with Crippen LogP contribution in [0.3, 0.4) is 0 Å². The second kappa shape index (κ2) is 5.82. The number of carbonyl (C=O) groups excluding carboxylic acids is 1. The van der Waals surface area contributed by atoms with Gasteiger partial charge in [-0.1, -0.05) is 37.3 Å². The van der Waals surface area contributed by atoms with E-state index in [1.165, 1.54) is 0 Å². The molecular formula is C14H21NO2. The zero-order valence-electron chi connectivity index (χ0n) is 10.8. The molecule has 0 heterocycles. The fourth-order valence-electron chi connectivity index (χ4n) is 1.37. The smallest absolute Gasteiger partial charge is 0.323 e. The minimum absolute atomic E-state index is 0.333. The molecule has 2 N–H and O–H groups in total. The monoisotopic (exact) mass is 235 g/mol. The van der Waals surface area contributed by atoms with Crippen molar-refractivity contribution in [2.24, 2.45) is 5.73 Å². The van der Waals surface area contributed by atoms with E-state index in [9.17, 15) is 4.79 Å². The van der Waals surface area contributed by atoms with Crippen molar-refractivity contribution in [1.29, 1.82) is 0 Å². The molecule has 0 saturated heterocycles. The number of ether oxygens (including phenoxy) is 1. The Balaban J connectivity index is 2.54. The van der Waals surface area contributed by atoms with Gasteiger partial charge in [0.1, 0.15) is 11.6 Å². The Morgan fingerprint density at radius 1 is 1.35 bits per heavy atom. The van der Waals surface area contributed by atoms with E-state index in [-0.39, 0.29) is 5.97 Å². The van der Waals surface area contributed by atoms with Crippen LogP contribution in [-0.4, -0.2) is 17.6 Å². The number of hydrogen-bond donors (Lipinski definition) is 1. The van der Waals surface area contributed by atoms with Gasteiger partial charge in [-0.2, -0.15) is 0 Å². The molecule has 0 radical (unpaired) electrons. The standard InChI is InChI=1S/C14H21NO2/c1-4-14(2,3)17-13(16)12(15)10-11-8-6-5-7-9-11/h5-9,12H,4,10,15H2,1-3H3. The number of carbonyl (C=O) groups is 1. The number of rotatable bonds is 5. The first-order chi connectivity index (χ1) is 7.94. The van der Waals surface area contributed by atoms with E-state index in [0.29, 0.717) is 6.42 Å². The minimum atomic E-state index is -0.594. The first-order valence-corrected chi connectivity index (χ1v) is 5.97. The highest BCUT2D eigenvalue weighted by Gasteiger charge is 2.24. The number of benzene rings is 1. The SMILES string of the molecule is CCC(C)(C)OC(=O)C(N)Cc1ccccc1. The highest BCUT2D eigenvalue weighted by Crippen LogP contribution is 2.15. The van der Waals surface area contributed by atoms with Gasteiger partial charge in [-0.3, -0.25) is 4.79 Å². The first-order valence-electron chi connectivity index (χ1n) is 5.97. The van der Waals surface area contributed by atoms with Gasteiger partial charge in [-0.05, 0) is 32.3 Å². The van der Waals surface area contributed by atoms with Crippen LogP contribution in [0.15, 0.2) is 30.3 Å². The maximum absolute atomic E-state index is 11.8. The molecule has 94 valence electrons. The van der Waals surface area contributed by atoms with Gasteiger partial charge in [-0.25, -0.2) is 0 Å². The quantitative estimate of drug-likeness (QED) is 0.797. The molecule has 0 aromatic heterocycles. The molecule has 0 saturated carbocycles. The first kappa shape index (κ1) is 13.7. The van der Waals surface area contributed by atoms with E-state index in [2.05, 4.69) is 0 Å². The van der Waals surface area contributed by atoms with Crippen LogP contribution in [0.4, 0.5) is 0 Å². The molecule has 1 aromatic carbocycles. The molecule has 0 aliphatic rings. The van der Waals surface area contributed by atoms with E-state index >= 15 is 0 Å². The highest BCUT2D eigenvalue weighted by molar-refractivity contribution is 5.76. The third kappa shape index (κ3) is 4.57. The van der Waals surface area contributed by atoms with Gasteiger partial charge in [0.05, 0.1) is 0 Å². The number of esters is 1. The lowest BCUT2D eigenvalue weighted by Crippen LogP contribution is -2.39. The molecule has 3 heteroatoms. The molecule has 0 spiro atoms. The van der Waals surface area contributed by atoms with Crippen LogP contribution >= 0.6 is 0 Å². The Hall–Kier alpha value is -1.35. The molecule has 17 heavy (non-hydrogen) atoms. The van der Waals surface area contributed by atoms with Gasteiger partial charge in [0, 0.05) is 0 Å². The van der Waals surface area contributed by atoms with E-state index in [4.69, 9.17) is 10.5 Å². The molecule has 0 fully saturated rings. The summed E-state index contributed by atoms with van der Waals surface area (Å²) in [5, 5.41) is 0. The van der Waals surface area contributed by atoms with Crippen LogP contribution in [0.2, 0.25) is 0 Å². The highest BCUT2D eigenvalue weighted by atomic mass is 16.6.